The van der Waals surface area contributed by atoms with Crippen molar-refractivity contribution in [2.75, 3.05) is 5.73 Å². The lowest BCUT2D eigenvalue weighted by Gasteiger charge is -2.08. The number of anilines is 1. The zero-order valence-corrected chi connectivity index (χ0v) is 11.9. The molecule has 3 aromatic rings. The summed E-state index contributed by atoms with van der Waals surface area (Å²) in [7, 11) is 0. The molecule has 0 amide bonds. The molecule has 0 spiro atoms. The van der Waals surface area contributed by atoms with Gasteiger partial charge in [0.05, 0.1) is 10.2 Å². The van der Waals surface area contributed by atoms with Crippen molar-refractivity contribution in [3.8, 4) is 22.8 Å². The van der Waals surface area contributed by atoms with Gasteiger partial charge in [-0.1, -0.05) is 30.3 Å². The van der Waals surface area contributed by atoms with Crippen LogP contribution in [0.5, 0.6) is 0 Å². The van der Waals surface area contributed by atoms with Gasteiger partial charge in [0.15, 0.2) is 5.82 Å². The van der Waals surface area contributed by atoms with E-state index < -0.39 is 0 Å². The van der Waals surface area contributed by atoms with E-state index in [-0.39, 0.29) is 0 Å². The average Bonchev–Trinajstić information content (AvgIpc) is 2.51. The minimum absolute atomic E-state index is 0.382. The van der Waals surface area contributed by atoms with Crippen LogP contribution in [0.25, 0.3) is 22.8 Å². The van der Waals surface area contributed by atoms with E-state index >= 15 is 0 Å². The van der Waals surface area contributed by atoms with E-state index in [4.69, 9.17) is 5.73 Å². The van der Waals surface area contributed by atoms with Gasteiger partial charge in [-0.05, 0) is 22.0 Å². The Labute approximate surface area is 124 Å². The highest BCUT2D eigenvalue weighted by Gasteiger charge is 2.13. The Balaban J connectivity index is 2.19. The zero-order valence-electron chi connectivity index (χ0n) is 10.4. The summed E-state index contributed by atoms with van der Waals surface area (Å²) in [6, 6.07) is 11.5. The van der Waals surface area contributed by atoms with Crippen molar-refractivity contribution in [3.63, 3.8) is 0 Å². The predicted molar refractivity (Wildman–Crippen MR) is 80.6 cm³/mol. The standard InChI is InChI=1S/C14H10BrN5/c15-11-12(9-4-2-1-3-5-9)19-14(20-13(11)16)10-6-7-17-8-18-10/h1-8H,(H2,16,19,20). The van der Waals surface area contributed by atoms with E-state index in [0.717, 1.165) is 11.3 Å². The van der Waals surface area contributed by atoms with Gasteiger partial charge in [0, 0.05) is 11.8 Å². The molecule has 2 heterocycles. The third-order valence-electron chi connectivity index (χ3n) is 2.74. The average molecular weight is 328 g/mol. The number of hydrogen-bond donors (Lipinski definition) is 1. The predicted octanol–water partition coefficient (Wildman–Crippen LogP) is 2.95. The number of halogens is 1. The Hall–Kier alpha value is -2.34. The van der Waals surface area contributed by atoms with Crippen LogP contribution in [-0.2, 0) is 0 Å². The molecular weight excluding hydrogens is 318 g/mol. The molecule has 98 valence electrons. The summed E-state index contributed by atoms with van der Waals surface area (Å²) in [5, 5.41) is 0. The van der Waals surface area contributed by atoms with E-state index in [9.17, 15) is 0 Å². The molecule has 2 aromatic heterocycles. The first-order valence-corrected chi connectivity index (χ1v) is 6.70. The quantitative estimate of drug-likeness (QED) is 0.782. The minimum Gasteiger partial charge on any atom is -0.383 e. The zero-order chi connectivity index (χ0) is 13.9. The molecule has 5 nitrogen and oxygen atoms in total. The first-order valence-electron chi connectivity index (χ1n) is 5.90. The van der Waals surface area contributed by atoms with Crippen molar-refractivity contribution in [3.05, 3.63) is 53.4 Å². The number of aromatic nitrogens is 4. The van der Waals surface area contributed by atoms with Crippen molar-refractivity contribution in [2.45, 2.75) is 0 Å². The molecule has 1 aromatic carbocycles. The summed E-state index contributed by atoms with van der Waals surface area (Å²) in [5.74, 6) is 0.861. The molecule has 0 aliphatic rings. The Morgan fingerprint density at radius 3 is 2.50 bits per heavy atom. The summed E-state index contributed by atoms with van der Waals surface area (Å²) in [5.41, 5.74) is 8.29. The molecule has 0 unspecified atom stereocenters. The molecule has 0 aliphatic heterocycles. The van der Waals surface area contributed by atoms with Crippen molar-refractivity contribution < 1.29 is 0 Å². The van der Waals surface area contributed by atoms with Crippen LogP contribution < -0.4 is 5.73 Å². The molecule has 0 saturated heterocycles. The van der Waals surface area contributed by atoms with Crippen molar-refractivity contribution >= 4 is 21.7 Å². The maximum Gasteiger partial charge on any atom is 0.180 e. The van der Waals surface area contributed by atoms with Crippen LogP contribution in [0.15, 0.2) is 53.4 Å². The maximum atomic E-state index is 5.95. The molecule has 2 N–H and O–H groups in total. The monoisotopic (exact) mass is 327 g/mol. The van der Waals surface area contributed by atoms with E-state index in [1.54, 1.807) is 12.3 Å². The summed E-state index contributed by atoms with van der Waals surface area (Å²) in [6.45, 7) is 0. The van der Waals surface area contributed by atoms with Gasteiger partial charge < -0.3 is 5.73 Å². The SMILES string of the molecule is Nc1nc(-c2ccncn2)nc(-c2ccccc2)c1Br. The van der Waals surface area contributed by atoms with Crippen LogP contribution in [0.4, 0.5) is 5.82 Å². The summed E-state index contributed by atoms with van der Waals surface area (Å²) in [6.07, 6.45) is 3.10. The molecule has 0 bridgehead atoms. The molecule has 0 saturated carbocycles. The Morgan fingerprint density at radius 2 is 1.80 bits per heavy atom. The van der Waals surface area contributed by atoms with E-state index in [0.29, 0.717) is 21.8 Å². The van der Waals surface area contributed by atoms with Gasteiger partial charge >= 0.3 is 0 Å². The number of nitrogens with two attached hydrogens (primary N) is 1. The summed E-state index contributed by atoms with van der Waals surface area (Å²) >= 11 is 3.44. The second kappa shape index (κ2) is 5.34. The van der Waals surface area contributed by atoms with Crippen molar-refractivity contribution in [2.24, 2.45) is 0 Å². The Bertz CT molecular complexity index is 731. The van der Waals surface area contributed by atoms with Crippen LogP contribution in [0.3, 0.4) is 0 Å². The largest absolute Gasteiger partial charge is 0.383 e. The highest BCUT2D eigenvalue weighted by molar-refractivity contribution is 9.10. The molecule has 0 atom stereocenters. The van der Waals surface area contributed by atoms with Crippen LogP contribution in [0.1, 0.15) is 0 Å². The summed E-state index contributed by atoms with van der Waals surface area (Å²) in [4.78, 5) is 16.8. The second-order valence-corrected chi connectivity index (χ2v) is 4.85. The van der Waals surface area contributed by atoms with Gasteiger partial charge in [0.25, 0.3) is 0 Å². The second-order valence-electron chi connectivity index (χ2n) is 4.06. The number of nitrogens with zero attached hydrogens (tertiary/aromatic N) is 4. The smallest absolute Gasteiger partial charge is 0.180 e. The van der Waals surface area contributed by atoms with E-state index in [2.05, 4.69) is 35.9 Å². The van der Waals surface area contributed by atoms with Crippen LogP contribution in [-0.4, -0.2) is 19.9 Å². The third kappa shape index (κ3) is 2.37. The lowest BCUT2D eigenvalue weighted by atomic mass is 10.1. The van der Waals surface area contributed by atoms with Gasteiger partial charge in [0.2, 0.25) is 0 Å². The Morgan fingerprint density at radius 1 is 1.00 bits per heavy atom. The van der Waals surface area contributed by atoms with Crippen LogP contribution in [0, 0.1) is 0 Å². The fourth-order valence-corrected chi connectivity index (χ4v) is 2.20. The first kappa shape index (κ1) is 12.7. The molecular formula is C14H10BrN5. The van der Waals surface area contributed by atoms with Crippen molar-refractivity contribution in [1.29, 1.82) is 0 Å². The number of benzene rings is 1. The van der Waals surface area contributed by atoms with Crippen LogP contribution in [0.2, 0.25) is 0 Å². The van der Waals surface area contributed by atoms with Gasteiger partial charge in [0.1, 0.15) is 17.8 Å². The first-order chi connectivity index (χ1) is 9.75. The van der Waals surface area contributed by atoms with Gasteiger partial charge in [-0.3, -0.25) is 0 Å². The fraction of sp³-hybridized carbons (Fsp3) is 0. The topological polar surface area (TPSA) is 77.6 Å². The number of rotatable bonds is 2. The highest BCUT2D eigenvalue weighted by atomic mass is 79.9. The van der Waals surface area contributed by atoms with Crippen molar-refractivity contribution in [1.82, 2.24) is 19.9 Å². The van der Waals surface area contributed by atoms with Crippen LogP contribution >= 0.6 is 15.9 Å². The van der Waals surface area contributed by atoms with Gasteiger partial charge in [-0.15, -0.1) is 0 Å². The third-order valence-corrected chi connectivity index (χ3v) is 3.52. The molecule has 6 heteroatoms. The minimum atomic E-state index is 0.382. The number of hydrogen-bond acceptors (Lipinski definition) is 5. The maximum absolute atomic E-state index is 5.95. The van der Waals surface area contributed by atoms with Gasteiger partial charge in [-0.2, -0.15) is 0 Å². The van der Waals surface area contributed by atoms with E-state index in [1.165, 1.54) is 6.33 Å². The number of nitrogen functional groups attached to an aromatic ring is 1. The molecule has 20 heavy (non-hydrogen) atoms. The molecule has 0 aliphatic carbocycles. The summed E-state index contributed by atoms with van der Waals surface area (Å²) < 4.78 is 0.682. The normalized spacial score (nSPS) is 10.4. The fourth-order valence-electron chi connectivity index (χ4n) is 1.79. The molecule has 0 fully saturated rings. The Kier molecular flexibility index (Phi) is 3.39. The molecule has 0 radical (unpaired) electrons. The van der Waals surface area contributed by atoms with E-state index in [1.807, 2.05) is 30.3 Å². The lowest BCUT2D eigenvalue weighted by Crippen LogP contribution is -2.01. The lowest BCUT2D eigenvalue weighted by molar-refractivity contribution is 1.10. The van der Waals surface area contributed by atoms with Gasteiger partial charge in [-0.25, -0.2) is 19.9 Å². The highest BCUT2D eigenvalue weighted by Crippen LogP contribution is 2.31. The molecule has 3 rings (SSSR count).